The molecular formula is C65H102N4O19. The molecule has 0 aromatic heterocycles. The van der Waals surface area contributed by atoms with Crippen LogP contribution in [0.4, 0.5) is 0 Å². The largest absolute Gasteiger partial charge is 0.508 e. The third kappa shape index (κ3) is 20.1. The van der Waals surface area contributed by atoms with Crippen molar-refractivity contribution in [2.75, 3.05) is 53.5 Å². The predicted octanol–water partition coefficient (Wildman–Crippen LogP) is 6.95. The third-order valence-electron chi connectivity index (χ3n) is 17.7. The summed E-state index contributed by atoms with van der Waals surface area (Å²) in [6.45, 7) is 21.3. The van der Waals surface area contributed by atoms with Crippen molar-refractivity contribution in [3.05, 3.63) is 29.3 Å². The van der Waals surface area contributed by atoms with Crippen molar-refractivity contribution < 1.29 is 90.8 Å². The first-order valence-electron chi connectivity index (χ1n) is 32.0. The number of hydrogen-bond donors (Lipinski definition) is 5. The number of aromatic hydroxyl groups is 1. The molecule has 3 amide bonds. The van der Waals surface area contributed by atoms with Gasteiger partial charge in [0.2, 0.25) is 24.5 Å². The van der Waals surface area contributed by atoms with E-state index >= 15 is 0 Å². The van der Waals surface area contributed by atoms with Crippen LogP contribution in [-0.4, -0.2) is 154 Å². The Kier molecular flexibility index (Phi) is 26.2. The minimum Gasteiger partial charge on any atom is -0.508 e. The first-order chi connectivity index (χ1) is 41.5. The summed E-state index contributed by atoms with van der Waals surface area (Å²) in [5.74, 6) is -7.25. The maximum absolute atomic E-state index is 14.0. The topological polar surface area (TPSA) is 297 Å². The maximum atomic E-state index is 14.0. The first-order valence-corrected chi connectivity index (χ1v) is 32.0. The molecule has 88 heavy (non-hydrogen) atoms. The molecule has 2 saturated heterocycles. The zero-order valence-electron chi connectivity index (χ0n) is 54.4. The standard InChI is InChI=1S/C65H102N4O19/c1-14-64(87-45-28-50-49-18-16-43-27-44(71)17-19-47(43)48(49)20-21-62(50,12)30-45)83-33-63(34-84-64)35-85-65(15-2,86-36-63)88-46(31-79-58(75)51(66-13)22-38(3)4)32-80-59(76)52(23-39(5)6)68-56(73)29-57(74)69-54(25-41(9)10)61(78)82-37-81-60(77)53(24-40(7)8)67-55(72)26-42(11)70/h17,19,27,38-41,45-46,48-54,66,71H,14-16,18,20-26,28-37H2,1-13H3,(H,67,72)(H,68,73)(H,69,74). The van der Waals surface area contributed by atoms with Crippen LogP contribution in [0.15, 0.2) is 18.2 Å². The van der Waals surface area contributed by atoms with E-state index in [4.69, 9.17) is 47.4 Å². The fraction of sp³-hybridized carbons (Fsp3) is 0.785. The fourth-order valence-electron chi connectivity index (χ4n) is 13.2. The number of nitrogens with one attached hydrogen (secondary N) is 4. The van der Waals surface area contributed by atoms with E-state index in [0.717, 1.165) is 38.5 Å². The van der Waals surface area contributed by atoms with Crippen molar-refractivity contribution in [2.24, 2.45) is 46.3 Å². The van der Waals surface area contributed by atoms with Crippen LogP contribution in [0.25, 0.3) is 0 Å². The third-order valence-corrected chi connectivity index (χ3v) is 17.7. The van der Waals surface area contributed by atoms with Crippen LogP contribution in [0, 0.1) is 46.3 Å². The SMILES string of the molecule is CCC1(OC(COC(=O)C(CC(C)C)NC)COC(=O)C(CC(C)C)NC(=O)CC(=O)NC(CC(C)C)C(=O)OCOC(=O)C(CC(C)C)NC(=O)CC(C)=O)OCC2(CO1)COC(CC)(OC1CC3C4CCc5cc(O)ccc5C4CCC3(C)C1)OC2. The number of rotatable bonds is 32. The molecule has 5 N–H and O–H groups in total. The van der Waals surface area contributed by atoms with Crippen molar-refractivity contribution in [2.45, 2.75) is 227 Å². The number of hydrogen-bond acceptors (Lipinski definition) is 20. The minimum atomic E-state index is -1.67. The Morgan fingerprint density at radius 1 is 0.636 bits per heavy atom. The molecule has 496 valence electrons. The van der Waals surface area contributed by atoms with Crippen LogP contribution in [0.3, 0.4) is 0 Å². The molecule has 2 heterocycles. The summed E-state index contributed by atoms with van der Waals surface area (Å²) in [7, 11) is 1.66. The predicted molar refractivity (Wildman–Crippen MR) is 320 cm³/mol. The number of likely N-dealkylation sites (N-methyl/N-ethyl adjacent to an activating group) is 1. The van der Waals surface area contributed by atoms with Gasteiger partial charge in [0.25, 0.3) is 11.9 Å². The van der Waals surface area contributed by atoms with Gasteiger partial charge in [-0.2, -0.15) is 0 Å². The number of carbonyl (C=O) groups is 8. The van der Waals surface area contributed by atoms with E-state index in [1.165, 1.54) is 18.1 Å². The second kappa shape index (κ2) is 32.1. The first kappa shape index (κ1) is 71.8. The van der Waals surface area contributed by atoms with Gasteiger partial charge in [-0.05, 0) is 148 Å². The van der Waals surface area contributed by atoms with Gasteiger partial charge in [-0.3, -0.25) is 24.0 Å². The zero-order chi connectivity index (χ0) is 64.7. The number of phenols is 1. The number of amides is 3. The van der Waals surface area contributed by atoms with Crippen molar-refractivity contribution in [3.63, 3.8) is 0 Å². The molecular weight excluding hydrogens is 1140 g/mol. The lowest BCUT2D eigenvalue weighted by molar-refractivity contribution is -0.474. The van der Waals surface area contributed by atoms with Gasteiger partial charge < -0.3 is 73.7 Å². The van der Waals surface area contributed by atoms with Gasteiger partial charge in [-0.1, -0.05) is 82.2 Å². The van der Waals surface area contributed by atoms with Crippen LogP contribution < -0.4 is 21.3 Å². The van der Waals surface area contributed by atoms with Crippen molar-refractivity contribution >= 4 is 47.4 Å². The molecule has 1 aromatic rings. The summed E-state index contributed by atoms with van der Waals surface area (Å²) in [6, 6.07) is 1.65. The monoisotopic (exact) mass is 1240 g/mol. The maximum Gasteiger partial charge on any atom is 0.331 e. The van der Waals surface area contributed by atoms with Gasteiger partial charge in [0.05, 0.1) is 44.4 Å². The lowest BCUT2D eigenvalue weighted by Gasteiger charge is -2.50. The van der Waals surface area contributed by atoms with E-state index in [2.05, 4.69) is 34.3 Å². The average Bonchev–Trinajstić information content (AvgIpc) is 1.47. The molecule has 1 aromatic carbocycles. The summed E-state index contributed by atoms with van der Waals surface area (Å²) in [6.07, 6.45) is 5.23. The number of fused-ring (bicyclic) bond motifs is 5. The molecule has 3 aliphatic carbocycles. The summed E-state index contributed by atoms with van der Waals surface area (Å²) in [5.41, 5.74) is 2.06. The molecule has 6 rings (SSSR count). The minimum absolute atomic E-state index is 0.0464. The molecule has 10 atom stereocenters. The Balaban J connectivity index is 1.04. The van der Waals surface area contributed by atoms with Gasteiger partial charge >= 0.3 is 23.9 Å². The molecule has 10 unspecified atom stereocenters. The molecule has 2 saturated carbocycles. The Morgan fingerprint density at radius 3 is 1.58 bits per heavy atom. The molecule has 23 nitrogen and oxygen atoms in total. The van der Waals surface area contributed by atoms with Gasteiger partial charge in [0.15, 0.2) is 0 Å². The Hall–Kier alpha value is -5.30. The van der Waals surface area contributed by atoms with E-state index in [1.807, 2.05) is 60.6 Å². The molecule has 0 bridgehead atoms. The van der Waals surface area contributed by atoms with E-state index < -0.39 is 115 Å². The van der Waals surface area contributed by atoms with Crippen LogP contribution in [-0.2, 0) is 92.1 Å². The number of ether oxygens (including phenoxy) is 10. The summed E-state index contributed by atoms with van der Waals surface area (Å²) in [4.78, 5) is 104. The fourth-order valence-corrected chi connectivity index (χ4v) is 13.2. The molecule has 0 radical (unpaired) electrons. The van der Waals surface area contributed by atoms with Gasteiger partial charge in [0, 0.05) is 12.8 Å². The molecule has 23 heteroatoms. The lowest BCUT2D eigenvalue weighted by atomic mass is 9.56. The number of phenolic OH excluding ortho intramolecular Hbond substituents is 1. The second-order valence-corrected chi connectivity index (χ2v) is 27.2. The highest BCUT2D eigenvalue weighted by Crippen LogP contribution is 2.62. The number of esters is 4. The van der Waals surface area contributed by atoms with Crippen LogP contribution in [0.5, 0.6) is 5.75 Å². The summed E-state index contributed by atoms with van der Waals surface area (Å²) < 4.78 is 61.5. The average molecular weight is 1240 g/mol. The van der Waals surface area contributed by atoms with Crippen LogP contribution >= 0.6 is 0 Å². The van der Waals surface area contributed by atoms with Gasteiger partial charge in [-0.15, -0.1) is 0 Å². The van der Waals surface area contributed by atoms with Gasteiger partial charge in [0.1, 0.15) is 61.4 Å². The summed E-state index contributed by atoms with van der Waals surface area (Å²) >= 11 is 0. The van der Waals surface area contributed by atoms with Crippen molar-refractivity contribution in [1.29, 1.82) is 0 Å². The van der Waals surface area contributed by atoms with Crippen molar-refractivity contribution in [1.82, 2.24) is 21.3 Å². The number of Topliss-reactive ketones (excluding diaryl/α,β-unsaturated/α-hetero) is 1. The Labute approximate surface area is 519 Å². The highest BCUT2D eigenvalue weighted by molar-refractivity contribution is 6.00. The quantitative estimate of drug-likeness (QED) is 0.0211. The van der Waals surface area contributed by atoms with E-state index in [-0.39, 0.29) is 99.7 Å². The second-order valence-electron chi connectivity index (χ2n) is 27.2. The van der Waals surface area contributed by atoms with Crippen molar-refractivity contribution in [3.8, 4) is 5.75 Å². The Bertz CT molecular complexity index is 2540. The van der Waals surface area contributed by atoms with E-state index in [9.17, 15) is 43.5 Å². The smallest absolute Gasteiger partial charge is 0.331 e. The normalized spacial score (nSPS) is 27.5. The lowest BCUT2D eigenvalue weighted by Crippen LogP contribution is -2.61. The van der Waals surface area contributed by atoms with Crippen LogP contribution in [0.1, 0.15) is 184 Å². The summed E-state index contributed by atoms with van der Waals surface area (Å²) in [5, 5.41) is 20.8. The number of carbonyl (C=O) groups excluding carboxylic acids is 8. The molecule has 5 aliphatic rings. The number of aryl methyl sites for hydroxylation is 1. The van der Waals surface area contributed by atoms with E-state index in [0.29, 0.717) is 36.3 Å². The van der Waals surface area contributed by atoms with E-state index in [1.54, 1.807) is 27.8 Å². The Morgan fingerprint density at radius 2 is 1.10 bits per heavy atom. The molecule has 2 aliphatic heterocycles. The highest BCUT2D eigenvalue weighted by atomic mass is 16.9. The highest BCUT2D eigenvalue weighted by Gasteiger charge is 2.57. The van der Waals surface area contributed by atoms with Crippen LogP contribution in [0.2, 0.25) is 0 Å². The molecule has 4 fully saturated rings. The number of benzene rings is 1. The zero-order valence-corrected chi connectivity index (χ0v) is 54.4. The molecule has 1 spiro atoms. The van der Waals surface area contributed by atoms with Gasteiger partial charge in [-0.25, -0.2) is 14.4 Å². The number of ketones is 1.